The van der Waals surface area contributed by atoms with Gasteiger partial charge in [0, 0.05) is 7.05 Å². The summed E-state index contributed by atoms with van der Waals surface area (Å²) in [4.78, 5) is 31.6. The first-order valence-electron chi connectivity index (χ1n) is 7.07. The first-order chi connectivity index (χ1) is 10.4. The molecule has 0 radical (unpaired) electrons. The van der Waals surface area contributed by atoms with Crippen LogP contribution in [0.25, 0.3) is 0 Å². The van der Waals surface area contributed by atoms with E-state index in [0.29, 0.717) is 40.7 Å². The van der Waals surface area contributed by atoms with Gasteiger partial charge in [0.05, 0.1) is 30.0 Å². The molecular weight excluding hydrogens is 302 g/mol. The Hall–Kier alpha value is -2.09. The Labute approximate surface area is 131 Å². The van der Waals surface area contributed by atoms with Crippen molar-refractivity contribution < 1.29 is 4.79 Å². The molecule has 3 rings (SSSR count). The molecule has 0 unspecified atom stereocenters. The molecule has 0 atom stereocenters. The van der Waals surface area contributed by atoms with Gasteiger partial charge in [-0.25, -0.2) is 4.98 Å². The normalized spacial score (nSPS) is 13.8. The monoisotopic (exact) mass is 319 g/mol. The summed E-state index contributed by atoms with van der Waals surface area (Å²) in [6.07, 6.45) is 0. The molecule has 0 aliphatic carbocycles. The summed E-state index contributed by atoms with van der Waals surface area (Å²) in [6.45, 7) is 6.40. The van der Waals surface area contributed by atoms with E-state index in [1.807, 2.05) is 13.8 Å². The molecule has 2 aromatic heterocycles. The zero-order chi connectivity index (χ0) is 16.0. The van der Waals surface area contributed by atoms with Gasteiger partial charge in [-0.3, -0.25) is 14.2 Å². The molecule has 7 nitrogen and oxygen atoms in total. The number of hydrogen-bond donors (Lipinski definition) is 0. The Morgan fingerprint density at radius 1 is 1.32 bits per heavy atom. The Kier molecular flexibility index (Phi) is 3.56. The van der Waals surface area contributed by atoms with Gasteiger partial charge in [0.1, 0.15) is 10.7 Å². The lowest BCUT2D eigenvalue weighted by atomic mass is 10.1. The van der Waals surface area contributed by atoms with Crippen LogP contribution in [0.4, 0.5) is 0 Å². The maximum atomic E-state index is 12.7. The van der Waals surface area contributed by atoms with Gasteiger partial charge in [-0.1, -0.05) is 18.3 Å². The molecule has 1 amide bonds. The maximum absolute atomic E-state index is 12.7. The number of aryl methyl sites for hydroxylation is 1. The molecule has 8 heteroatoms. The molecule has 2 aromatic rings. The third kappa shape index (κ3) is 2.23. The lowest BCUT2D eigenvalue weighted by Gasteiger charge is -2.14. The van der Waals surface area contributed by atoms with Crippen molar-refractivity contribution in [2.24, 2.45) is 7.05 Å². The fourth-order valence-corrected chi connectivity index (χ4v) is 3.33. The van der Waals surface area contributed by atoms with Gasteiger partial charge in [0.2, 0.25) is 0 Å². The summed E-state index contributed by atoms with van der Waals surface area (Å²) in [5.74, 6) is 0.660. The van der Waals surface area contributed by atoms with E-state index in [0.717, 1.165) is 11.5 Å². The quantitative estimate of drug-likeness (QED) is 0.831. The fourth-order valence-electron chi connectivity index (χ4n) is 2.54. The number of rotatable bonds is 2. The molecule has 0 aromatic carbocycles. The molecule has 0 spiro atoms. The molecule has 0 bridgehead atoms. The van der Waals surface area contributed by atoms with E-state index in [1.165, 1.54) is 4.57 Å². The number of hydrogen-bond acceptors (Lipinski definition) is 6. The Bertz CT molecular complexity index is 808. The van der Waals surface area contributed by atoms with Gasteiger partial charge in [0.25, 0.3) is 11.5 Å². The number of aromatic nitrogens is 4. The van der Waals surface area contributed by atoms with Crippen LogP contribution < -0.4 is 5.56 Å². The van der Waals surface area contributed by atoms with Crippen molar-refractivity contribution in [3.8, 4) is 0 Å². The highest BCUT2D eigenvalue weighted by Crippen LogP contribution is 2.25. The van der Waals surface area contributed by atoms with Crippen LogP contribution in [0.1, 0.15) is 52.2 Å². The van der Waals surface area contributed by atoms with Crippen LogP contribution in [0, 0.1) is 6.92 Å². The van der Waals surface area contributed by atoms with Crippen molar-refractivity contribution in [1.29, 1.82) is 0 Å². The smallest absolute Gasteiger partial charge is 0.268 e. The second-order valence-electron chi connectivity index (χ2n) is 5.75. The Morgan fingerprint density at radius 2 is 2.05 bits per heavy atom. The van der Waals surface area contributed by atoms with Crippen molar-refractivity contribution in [3.63, 3.8) is 0 Å². The summed E-state index contributed by atoms with van der Waals surface area (Å²) in [5, 5.41) is 4.04. The van der Waals surface area contributed by atoms with Crippen LogP contribution >= 0.6 is 11.5 Å². The molecule has 0 saturated carbocycles. The first-order valence-corrected chi connectivity index (χ1v) is 7.84. The molecule has 1 aliphatic rings. The van der Waals surface area contributed by atoms with Crippen molar-refractivity contribution in [1.82, 2.24) is 24.0 Å². The van der Waals surface area contributed by atoms with E-state index in [9.17, 15) is 9.59 Å². The van der Waals surface area contributed by atoms with Gasteiger partial charge in [-0.15, -0.1) is 5.10 Å². The molecule has 22 heavy (non-hydrogen) atoms. The highest BCUT2D eigenvalue weighted by molar-refractivity contribution is 7.08. The number of fused-ring (bicyclic) bond motifs is 1. The standard InChI is InChI=1S/C14H17N5O2S/c1-7(2)11-12(22-17-16-11)14(21)19-5-9-10(6-19)15-8(3)18(4)13(9)20/h7H,5-6H2,1-4H3. The topological polar surface area (TPSA) is 81.0 Å². The first kappa shape index (κ1) is 14.8. The van der Waals surface area contributed by atoms with E-state index in [2.05, 4.69) is 14.6 Å². The molecule has 116 valence electrons. The van der Waals surface area contributed by atoms with E-state index < -0.39 is 0 Å². The van der Waals surface area contributed by atoms with E-state index in [4.69, 9.17) is 0 Å². The summed E-state index contributed by atoms with van der Waals surface area (Å²) < 4.78 is 5.41. The van der Waals surface area contributed by atoms with Crippen molar-refractivity contribution in [2.75, 3.05) is 0 Å². The van der Waals surface area contributed by atoms with Crippen LogP contribution in [-0.4, -0.2) is 29.9 Å². The van der Waals surface area contributed by atoms with E-state index in [1.54, 1.807) is 18.9 Å². The van der Waals surface area contributed by atoms with Crippen LogP contribution in [-0.2, 0) is 20.1 Å². The predicted molar refractivity (Wildman–Crippen MR) is 81.8 cm³/mol. The van der Waals surface area contributed by atoms with Crippen LogP contribution in [0.5, 0.6) is 0 Å². The molecule has 0 N–H and O–H groups in total. The number of amides is 1. The fraction of sp³-hybridized carbons (Fsp3) is 0.500. The second-order valence-corrected chi connectivity index (χ2v) is 6.51. The number of carbonyl (C=O) groups is 1. The van der Waals surface area contributed by atoms with Crippen LogP contribution in [0.3, 0.4) is 0 Å². The van der Waals surface area contributed by atoms with Crippen LogP contribution in [0.15, 0.2) is 4.79 Å². The summed E-state index contributed by atoms with van der Waals surface area (Å²) >= 11 is 1.11. The molecule has 0 fully saturated rings. The third-order valence-corrected chi connectivity index (χ3v) is 4.65. The minimum absolute atomic E-state index is 0.0793. The summed E-state index contributed by atoms with van der Waals surface area (Å²) in [6, 6.07) is 0. The van der Waals surface area contributed by atoms with Crippen LogP contribution in [0.2, 0.25) is 0 Å². The lowest BCUT2D eigenvalue weighted by Crippen LogP contribution is -2.27. The van der Waals surface area contributed by atoms with Gasteiger partial charge in [0.15, 0.2) is 0 Å². The SMILES string of the molecule is Cc1nc2c(c(=O)n1C)CN(C(=O)c1snnc1C(C)C)C2. The van der Waals surface area contributed by atoms with E-state index in [-0.39, 0.29) is 17.4 Å². The molecule has 3 heterocycles. The largest absolute Gasteiger partial charge is 0.327 e. The number of carbonyl (C=O) groups excluding carboxylic acids is 1. The molecule has 1 aliphatic heterocycles. The Balaban J connectivity index is 1.93. The average molecular weight is 319 g/mol. The average Bonchev–Trinajstić information content (AvgIpc) is 3.10. The minimum atomic E-state index is -0.128. The van der Waals surface area contributed by atoms with E-state index >= 15 is 0 Å². The lowest BCUT2D eigenvalue weighted by molar-refractivity contribution is 0.0753. The molecule has 0 saturated heterocycles. The molecular formula is C14H17N5O2S. The zero-order valence-corrected chi connectivity index (χ0v) is 13.8. The summed E-state index contributed by atoms with van der Waals surface area (Å²) in [7, 11) is 1.69. The highest BCUT2D eigenvalue weighted by Gasteiger charge is 2.31. The van der Waals surface area contributed by atoms with Crippen molar-refractivity contribution in [2.45, 2.75) is 39.8 Å². The Morgan fingerprint density at radius 3 is 2.73 bits per heavy atom. The van der Waals surface area contributed by atoms with Crippen molar-refractivity contribution in [3.05, 3.63) is 38.0 Å². The second kappa shape index (κ2) is 5.28. The van der Waals surface area contributed by atoms with Gasteiger partial charge in [-0.2, -0.15) is 0 Å². The van der Waals surface area contributed by atoms with Gasteiger partial charge in [-0.05, 0) is 24.4 Å². The predicted octanol–water partition coefficient (Wildman–Crippen LogP) is 1.22. The zero-order valence-electron chi connectivity index (χ0n) is 13.0. The third-order valence-electron chi connectivity index (χ3n) is 3.92. The highest BCUT2D eigenvalue weighted by atomic mass is 32.1. The van der Waals surface area contributed by atoms with Crippen molar-refractivity contribution >= 4 is 17.4 Å². The van der Waals surface area contributed by atoms with Gasteiger partial charge < -0.3 is 4.90 Å². The maximum Gasteiger partial charge on any atom is 0.268 e. The summed E-state index contributed by atoms with van der Waals surface area (Å²) in [5.41, 5.74) is 1.93. The minimum Gasteiger partial charge on any atom is -0.327 e. The number of nitrogens with zero attached hydrogens (tertiary/aromatic N) is 5. The van der Waals surface area contributed by atoms with Gasteiger partial charge >= 0.3 is 0 Å².